The molecule has 12 aromatic rings. The molecule has 13 rings (SSSR count). The third kappa shape index (κ3) is 9.72. The molecular formula is C77H75N5O. The SMILES string of the molecule is [2H]c1c([2H])c([2H])c2c(c1[2H])c1c([2H])c([2H])c([2H])c([2H])c1n2-c1ccc2c(c1)c1ccc(Oc3cccc(N4CN(c5cc(C(C)(C)C)cc(C(C)(C)C)c5)c5cc(-c6ccc(C(C)(C)C)cc6)ccc54)c3)cc1n2-c1cc(C([2H])([2H])[2H])c(-c2cccc(C(C)(C)C)c2)cn1. The summed E-state index contributed by atoms with van der Waals surface area (Å²) in [5.74, 6) is 1.33. The van der Waals surface area contributed by atoms with E-state index in [0.29, 0.717) is 62.6 Å². The number of pyridine rings is 1. The van der Waals surface area contributed by atoms with Gasteiger partial charge in [0.15, 0.2) is 0 Å². The number of para-hydroxylation sites is 2. The highest BCUT2D eigenvalue weighted by Gasteiger charge is 2.32. The van der Waals surface area contributed by atoms with Crippen LogP contribution in [0.2, 0.25) is 0 Å². The van der Waals surface area contributed by atoms with Crippen LogP contribution in [0, 0.1) is 6.85 Å². The molecule has 0 radical (unpaired) electrons. The maximum atomic E-state index is 9.26. The van der Waals surface area contributed by atoms with Crippen molar-refractivity contribution in [3.63, 3.8) is 0 Å². The zero-order chi connectivity index (χ0) is 67.4. The topological polar surface area (TPSA) is 38.5 Å². The molecular weight excluding hydrogens is 1010 g/mol. The number of aryl methyl sites for hydroxylation is 1. The Kier molecular flexibility index (Phi) is 9.95. The minimum absolute atomic E-state index is 0.00898. The van der Waals surface area contributed by atoms with Gasteiger partial charge in [-0.25, -0.2) is 4.98 Å². The fourth-order valence-electron chi connectivity index (χ4n) is 11.6. The van der Waals surface area contributed by atoms with Crippen LogP contribution in [0.25, 0.3) is 77.4 Å². The maximum absolute atomic E-state index is 9.26. The first kappa shape index (κ1) is 42.0. The van der Waals surface area contributed by atoms with Gasteiger partial charge in [-0.3, -0.25) is 4.57 Å². The van der Waals surface area contributed by atoms with Crippen LogP contribution in [0.15, 0.2) is 206 Å². The average molecular weight is 1100 g/mol. The number of ether oxygens (including phenoxy) is 1. The molecule has 1 aliphatic rings. The molecule has 0 amide bonds. The van der Waals surface area contributed by atoms with Crippen molar-refractivity contribution in [3.05, 3.63) is 234 Å². The van der Waals surface area contributed by atoms with Gasteiger partial charge in [-0.15, -0.1) is 0 Å². The molecule has 0 fully saturated rings. The largest absolute Gasteiger partial charge is 0.457 e. The van der Waals surface area contributed by atoms with E-state index < -0.39 is 55.2 Å². The van der Waals surface area contributed by atoms with E-state index in [9.17, 15) is 2.74 Å². The Morgan fingerprint density at radius 3 is 1.73 bits per heavy atom. The third-order valence-corrected chi connectivity index (χ3v) is 16.4. The summed E-state index contributed by atoms with van der Waals surface area (Å²) in [6, 6.07) is 47.4. The molecule has 83 heavy (non-hydrogen) atoms. The molecule has 0 aliphatic carbocycles. The van der Waals surface area contributed by atoms with Crippen molar-refractivity contribution in [3.8, 4) is 45.3 Å². The Labute approximate surface area is 505 Å². The van der Waals surface area contributed by atoms with Crippen molar-refractivity contribution in [1.82, 2.24) is 14.1 Å². The molecule has 9 aromatic carbocycles. The standard InChI is InChI=1S/C77H75N5O/c1-49-38-73(78-47-66(49)52-20-18-21-54(39-52)75(5,6)7)82-69-37-33-58(81-67-26-16-14-24-62(67)63-25-15-17-27-68(63)81)45-65(69)64-35-34-61(46-71(64)82)83-60-23-19-22-57(44-60)79-48-80(59-42-55(76(8,9)10)41-56(43-59)77(11,12)13)72-40-51(30-36-70(72)79)50-28-31-53(32-29-50)74(2,3)4/h14-47H,48H2,1-13H3/i1D3,14D,15D,16D,17D,24D,25D,26D,27D. The van der Waals surface area contributed by atoms with Crippen molar-refractivity contribution < 1.29 is 19.8 Å². The number of anilines is 4. The number of hydrogen-bond acceptors (Lipinski definition) is 4. The third-order valence-electron chi connectivity index (χ3n) is 16.4. The lowest BCUT2D eigenvalue weighted by Crippen LogP contribution is -2.25. The lowest BCUT2D eigenvalue weighted by Gasteiger charge is -2.29. The van der Waals surface area contributed by atoms with E-state index in [1.807, 2.05) is 77.4 Å². The van der Waals surface area contributed by atoms with Crippen LogP contribution in [0.3, 0.4) is 0 Å². The zero-order valence-electron chi connectivity index (χ0n) is 60.4. The van der Waals surface area contributed by atoms with Gasteiger partial charge in [-0.05, 0) is 158 Å². The highest BCUT2D eigenvalue weighted by atomic mass is 16.5. The van der Waals surface area contributed by atoms with Gasteiger partial charge >= 0.3 is 0 Å². The van der Waals surface area contributed by atoms with E-state index in [2.05, 4.69) is 160 Å². The number of nitrogens with zero attached hydrogens (tertiary/aromatic N) is 5. The van der Waals surface area contributed by atoms with E-state index in [0.717, 1.165) is 39.4 Å². The molecule has 6 heteroatoms. The van der Waals surface area contributed by atoms with Crippen LogP contribution in [-0.2, 0) is 21.7 Å². The quantitative estimate of drug-likeness (QED) is 0.152. The molecule has 1 aliphatic heterocycles. The number of hydrogen-bond donors (Lipinski definition) is 0. The average Bonchev–Trinajstić information content (AvgIpc) is 1.55. The van der Waals surface area contributed by atoms with E-state index in [-0.39, 0.29) is 49.0 Å². The molecule has 414 valence electrons. The van der Waals surface area contributed by atoms with Crippen LogP contribution >= 0.6 is 0 Å². The van der Waals surface area contributed by atoms with Crippen LogP contribution in [-0.4, -0.2) is 20.8 Å². The van der Waals surface area contributed by atoms with Crippen LogP contribution in [0.4, 0.5) is 22.7 Å². The lowest BCUT2D eigenvalue weighted by molar-refractivity contribution is 0.483. The Hall–Kier alpha value is -8.87. The summed E-state index contributed by atoms with van der Waals surface area (Å²) in [5, 5.41) is 1.25. The Morgan fingerprint density at radius 2 is 1.06 bits per heavy atom. The Morgan fingerprint density at radius 1 is 0.422 bits per heavy atom. The molecule has 0 spiro atoms. The van der Waals surface area contributed by atoms with Crippen molar-refractivity contribution in [1.29, 1.82) is 0 Å². The summed E-state index contributed by atoms with van der Waals surface area (Å²) in [5.41, 5.74) is 13.6. The van der Waals surface area contributed by atoms with Gasteiger partial charge in [-0.2, -0.15) is 0 Å². The predicted octanol–water partition coefficient (Wildman–Crippen LogP) is 21.1. The van der Waals surface area contributed by atoms with Crippen LogP contribution in [0.1, 0.15) is 126 Å². The summed E-state index contributed by atoms with van der Waals surface area (Å²) in [4.78, 5) is 9.80. The monoisotopic (exact) mass is 1100 g/mol. The molecule has 0 bridgehead atoms. The summed E-state index contributed by atoms with van der Waals surface area (Å²) in [6.45, 7) is 24.5. The highest BCUT2D eigenvalue weighted by Crippen LogP contribution is 2.49. The number of benzene rings is 9. The fraction of sp³-hybridized carbons (Fsp3) is 0.234. The van der Waals surface area contributed by atoms with Crippen molar-refractivity contribution in [2.45, 2.75) is 112 Å². The van der Waals surface area contributed by atoms with Gasteiger partial charge in [0.05, 0.1) is 44.4 Å². The first-order valence-electron chi connectivity index (χ1n) is 34.0. The number of rotatable bonds is 8. The summed E-state index contributed by atoms with van der Waals surface area (Å²) in [6.07, 6.45) is 1.61. The molecule has 3 aromatic heterocycles. The second kappa shape index (κ2) is 19.7. The normalized spacial score (nSPS) is 15.3. The molecule has 0 saturated heterocycles. The van der Waals surface area contributed by atoms with Crippen LogP contribution in [0.5, 0.6) is 11.5 Å². The van der Waals surface area contributed by atoms with Crippen LogP contribution < -0.4 is 14.5 Å². The molecule has 0 saturated carbocycles. The number of fused-ring (bicyclic) bond motifs is 7. The van der Waals surface area contributed by atoms with E-state index in [4.69, 9.17) is 22.1 Å². The predicted molar refractivity (Wildman–Crippen MR) is 352 cm³/mol. The van der Waals surface area contributed by atoms with Gasteiger partial charge < -0.3 is 19.1 Å². The second-order valence-electron chi connectivity index (χ2n) is 26.3. The lowest BCUT2D eigenvalue weighted by atomic mass is 9.80. The molecule has 0 N–H and O–H groups in total. The molecule has 4 heterocycles. The van der Waals surface area contributed by atoms with Crippen molar-refractivity contribution in [2.75, 3.05) is 16.5 Å². The summed E-state index contributed by atoms with van der Waals surface area (Å²) >= 11 is 0. The molecule has 6 nitrogen and oxygen atoms in total. The minimum Gasteiger partial charge on any atom is -0.457 e. The van der Waals surface area contributed by atoms with Crippen molar-refractivity contribution in [2.24, 2.45) is 0 Å². The maximum Gasteiger partial charge on any atom is 0.137 e. The summed E-state index contributed by atoms with van der Waals surface area (Å²) < 4.78 is 109. The summed E-state index contributed by atoms with van der Waals surface area (Å²) in [7, 11) is 0. The van der Waals surface area contributed by atoms with Gasteiger partial charge in [0.1, 0.15) is 24.0 Å². The van der Waals surface area contributed by atoms with E-state index in [1.54, 1.807) is 18.3 Å². The van der Waals surface area contributed by atoms with Gasteiger partial charge in [-0.1, -0.05) is 186 Å². The molecule has 0 atom stereocenters. The van der Waals surface area contributed by atoms with Gasteiger partial charge in [0, 0.05) is 66.6 Å². The first-order valence-corrected chi connectivity index (χ1v) is 28.5. The first-order chi connectivity index (χ1) is 44.1. The Bertz CT molecular complexity index is 5000. The van der Waals surface area contributed by atoms with Gasteiger partial charge in [0.25, 0.3) is 0 Å². The van der Waals surface area contributed by atoms with E-state index >= 15 is 0 Å². The zero-order valence-corrected chi connectivity index (χ0v) is 49.4. The smallest absolute Gasteiger partial charge is 0.137 e. The molecule has 0 unspecified atom stereocenters. The second-order valence-corrected chi connectivity index (χ2v) is 26.3. The van der Waals surface area contributed by atoms with Crippen molar-refractivity contribution >= 4 is 66.4 Å². The van der Waals surface area contributed by atoms with Gasteiger partial charge in [0.2, 0.25) is 0 Å². The fourth-order valence-corrected chi connectivity index (χ4v) is 11.6. The highest BCUT2D eigenvalue weighted by molar-refractivity contribution is 6.12. The Balaban J connectivity index is 0.969. The minimum atomic E-state index is -2.58. The number of aromatic nitrogens is 3. The van der Waals surface area contributed by atoms with E-state index in [1.165, 1.54) is 21.3 Å².